The van der Waals surface area contributed by atoms with Gasteiger partial charge < -0.3 is 10.1 Å². The minimum Gasteiger partial charge on any atom is -0.497 e. The number of rotatable bonds is 5. The van der Waals surface area contributed by atoms with E-state index < -0.39 is 5.56 Å². The second kappa shape index (κ2) is 8.49. The van der Waals surface area contributed by atoms with Gasteiger partial charge in [-0.05, 0) is 55.8 Å². The highest BCUT2D eigenvalue weighted by Crippen LogP contribution is 2.30. The van der Waals surface area contributed by atoms with Crippen molar-refractivity contribution in [3.8, 4) is 17.0 Å². The first-order chi connectivity index (χ1) is 14.9. The molecule has 0 aliphatic carbocycles. The molecule has 0 spiro atoms. The van der Waals surface area contributed by atoms with Crippen molar-refractivity contribution >= 4 is 44.7 Å². The van der Waals surface area contributed by atoms with E-state index >= 15 is 0 Å². The lowest BCUT2D eigenvalue weighted by atomic mass is 10.1. The van der Waals surface area contributed by atoms with Crippen molar-refractivity contribution in [2.24, 2.45) is 0 Å². The van der Waals surface area contributed by atoms with Gasteiger partial charge in [-0.3, -0.25) is 9.59 Å². The standard InChI is InChI=1S/C22H19ClN4O3S/c1-12-4-7-15(10-17(12)23)25-18(28)11-27-22(29)20-21(31-13(2)24-20)19(26-27)14-5-8-16(30-3)9-6-14/h4-10H,11H2,1-3H3,(H,25,28). The fourth-order valence-electron chi connectivity index (χ4n) is 3.12. The van der Waals surface area contributed by atoms with Crippen LogP contribution in [0.3, 0.4) is 0 Å². The Hall–Kier alpha value is -3.23. The summed E-state index contributed by atoms with van der Waals surface area (Å²) in [6.07, 6.45) is 0. The van der Waals surface area contributed by atoms with Gasteiger partial charge in [0.25, 0.3) is 5.56 Å². The van der Waals surface area contributed by atoms with E-state index in [1.54, 1.807) is 19.2 Å². The number of methoxy groups -OCH3 is 1. The molecular weight excluding hydrogens is 436 g/mol. The number of benzene rings is 2. The maximum absolute atomic E-state index is 12.9. The number of nitrogens with zero attached hydrogens (tertiary/aromatic N) is 3. The second-order valence-corrected chi connectivity index (χ2v) is 8.57. The molecule has 0 fully saturated rings. The summed E-state index contributed by atoms with van der Waals surface area (Å²) in [4.78, 5) is 29.9. The van der Waals surface area contributed by atoms with Crippen molar-refractivity contribution in [3.63, 3.8) is 0 Å². The summed E-state index contributed by atoms with van der Waals surface area (Å²) >= 11 is 7.52. The third-order valence-corrected chi connectivity index (χ3v) is 6.10. The first-order valence-corrected chi connectivity index (χ1v) is 10.6. The second-order valence-electron chi connectivity index (χ2n) is 6.96. The average Bonchev–Trinajstić information content (AvgIpc) is 3.15. The summed E-state index contributed by atoms with van der Waals surface area (Å²) in [6, 6.07) is 12.6. The lowest BCUT2D eigenvalue weighted by molar-refractivity contribution is -0.117. The zero-order valence-corrected chi connectivity index (χ0v) is 18.7. The molecule has 1 amide bonds. The number of aryl methyl sites for hydroxylation is 2. The van der Waals surface area contributed by atoms with Crippen LogP contribution in [0.4, 0.5) is 5.69 Å². The Morgan fingerprint density at radius 1 is 1.19 bits per heavy atom. The van der Waals surface area contributed by atoms with Crippen molar-refractivity contribution in [1.82, 2.24) is 14.8 Å². The Labute approximate surface area is 187 Å². The number of thiazole rings is 1. The molecule has 0 saturated carbocycles. The van der Waals surface area contributed by atoms with Crippen LogP contribution >= 0.6 is 22.9 Å². The molecule has 0 atom stereocenters. The van der Waals surface area contributed by atoms with Crippen LogP contribution < -0.4 is 15.6 Å². The van der Waals surface area contributed by atoms with Gasteiger partial charge in [0.2, 0.25) is 5.91 Å². The maximum Gasteiger partial charge on any atom is 0.294 e. The van der Waals surface area contributed by atoms with Gasteiger partial charge in [0.1, 0.15) is 18.0 Å². The third kappa shape index (κ3) is 4.30. The van der Waals surface area contributed by atoms with Crippen LogP contribution in [-0.4, -0.2) is 27.8 Å². The van der Waals surface area contributed by atoms with Crippen LogP contribution in [0.2, 0.25) is 5.02 Å². The van der Waals surface area contributed by atoms with E-state index in [1.807, 2.05) is 44.2 Å². The highest BCUT2D eigenvalue weighted by atomic mass is 35.5. The highest BCUT2D eigenvalue weighted by molar-refractivity contribution is 7.19. The molecular formula is C22H19ClN4O3S. The molecule has 0 unspecified atom stereocenters. The largest absolute Gasteiger partial charge is 0.497 e. The lowest BCUT2D eigenvalue weighted by Gasteiger charge is -2.10. The van der Waals surface area contributed by atoms with Crippen LogP contribution in [0.25, 0.3) is 21.5 Å². The van der Waals surface area contributed by atoms with Gasteiger partial charge in [-0.25, -0.2) is 9.67 Å². The van der Waals surface area contributed by atoms with Gasteiger partial charge in [-0.2, -0.15) is 5.10 Å². The molecule has 0 saturated heterocycles. The molecule has 1 N–H and O–H groups in total. The van der Waals surface area contributed by atoms with E-state index in [1.165, 1.54) is 11.3 Å². The van der Waals surface area contributed by atoms with Gasteiger partial charge in [0.05, 0.1) is 16.8 Å². The number of aromatic nitrogens is 3. The van der Waals surface area contributed by atoms with Crippen LogP contribution in [0.5, 0.6) is 5.75 Å². The van der Waals surface area contributed by atoms with Crippen molar-refractivity contribution in [2.45, 2.75) is 20.4 Å². The van der Waals surface area contributed by atoms with E-state index in [-0.39, 0.29) is 12.5 Å². The zero-order chi connectivity index (χ0) is 22.1. The lowest BCUT2D eigenvalue weighted by Crippen LogP contribution is -2.30. The van der Waals surface area contributed by atoms with Crippen LogP contribution in [0.15, 0.2) is 47.3 Å². The fourth-order valence-corrected chi connectivity index (χ4v) is 4.22. The first kappa shape index (κ1) is 21.0. The summed E-state index contributed by atoms with van der Waals surface area (Å²) in [5.74, 6) is 0.325. The number of carbonyl (C=O) groups is 1. The van der Waals surface area contributed by atoms with Crippen molar-refractivity contribution in [3.05, 3.63) is 68.4 Å². The Morgan fingerprint density at radius 3 is 2.61 bits per heavy atom. The van der Waals surface area contributed by atoms with E-state index in [0.29, 0.717) is 32.4 Å². The highest BCUT2D eigenvalue weighted by Gasteiger charge is 2.18. The zero-order valence-electron chi connectivity index (χ0n) is 17.1. The molecule has 2 heterocycles. The van der Waals surface area contributed by atoms with Crippen LogP contribution in [0.1, 0.15) is 10.6 Å². The number of hydrogen-bond donors (Lipinski definition) is 1. The number of anilines is 1. The predicted octanol–water partition coefficient (Wildman–Crippen LogP) is 4.44. The minimum atomic E-state index is -0.409. The van der Waals surface area contributed by atoms with E-state index in [4.69, 9.17) is 16.3 Å². The quantitative estimate of drug-likeness (QED) is 0.482. The molecule has 0 aliphatic rings. The topological polar surface area (TPSA) is 86.1 Å². The number of fused-ring (bicyclic) bond motifs is 1. The maximum atomic E-state index is 12.9. The summed E-state index contributed by atoms with van der Waals surface area (Å²) in [5.41, 5.74) is 2.74. The predicted molar refractivity (Wildman–Crippen MR) is 123 cm³/mol. The SMILES string of the molecule is COc1ccc(-c2nn(CC(=O)Nc3ccc(C)c(Cl)c3)c(=O)c3nc(C)sc23)cc1. The van der Waals surface area contributed by atoms with Gasteiger partial charge in [-0.1, -0.05) is 17.7 Å². The molecule has 7 nitrogen and oxygen atoms in total. The van der Waals surface area contributed by atoms with Gasteiger partial charge in [-0.15, -0.1) is 11.3 Å². The summed E-state index contributed by atoms with van der Waals surface area (Å²) < 4.78 is 7.05. The molecule has 9 heteroatoms. The van der Waals surface area contributed by atoms with Crippen molar-refractivity contribution in [2.75, 3.05) is 12.4 Å². The first-order valence-electron chi connectivity index (χ1n) is 9.44. The molecule has 158 valence electrons. The third-order valence-electron chi connectivity index (χ3n) is 4.72. The Kier molecular flexibility index (Phi) is 5.75. The Balaban J connectivity index is 1.71. The number of amides is 1. The van der Waals surface area contributed by atoms with Crippen molar-refractivity contribution < 1.29 is 9.53 Å². The molecule has 0 radical (unpaired) electrons. The van der Waals surface area contributed by atoms with Gasteiger partial charge in [0.15, 0.2) is 5.52 Å². The Bertz CT molecular complexity index is 1350. The van der Waals surface area contributed by atoms with E-state index in [0.717, 1.165) is 20.8 Å². The van der Waals surface area contributed by atoms with Crippen LogP contribution in [0, 0.1) is 13.8 Å². The fraction of sp³-hybridized carbons (Fsp3) is 0.182. The molecule has 0 aliphatic heterocycles. The summed E-state index contributed by atoms with van der Waals surface area (Å²) in [6.45, 7) is 3.46. The average molecular weight is 455 g/mol. The van der Waals surface area contributed by atoms with Gasteiger partial charge >= 0.3 is 0 Å². The number of carbonyl (C=O) groups excluding carboxylic acids is 1. The Morgan fingerprint density at radius 2 is 1.94 bits per heavy atom. The van der Waals surface area contributed by atoms with Crippen LogP contribution in [-0.2, 0) is 11.3 Å². The summed E-state index contributed by atoms with van der Waals surface area (Å²) in [5, 5.41) is 8.56. The summed E-state index contributed by atoms with van der Waals surface area (Å²) in [7, 11) is 1.60. The number of halogens is 1. The number of nitrogens with one attached hydrogen (secondary N) is 1. The van der Waals surface area contributed by atoms with Crippen molar-refractivity contribution in [1.29, 1.82) is 0 Å². The molecule has 2 aromatic carbocycles. The minimum absolute atomic E-state index is 0.250. The van der Waals surface area contributed by atoms with E-state index in [2.05, 4.69) is 15.4 Å². The molecule has 0 bridgehead atoms. The number of ether oxygens (including phenoxy) is 1. The monoisotopic (exact) mass is 454 g/mol. The molecule has 2 aromatic heterocycles. The molecule has 31 heavy (non-hydrogen) atoms. The van der Waals surface area contributed by atoms with Gasteiger partial charge in [0, 0.05) is 16.3 Å². The normalized spacial score (nSPS) is 11.0. The molecule has 4 rings (SSSR count). The number of hydrogen-bond acceptors (Lipinski definition) is 6. The molecule has 4 aromatic rings. The van der Waals surface area contributed by atoms with E-state index in [9.17, 15) is 9.59 Å². The smallest absolute Gasteiger partial charge is 0.294 e.